The summed E-state index contributed by atoms with van der Waals surface area (Å²) in [5.74, 6) is -1.99. The molecular formula is C32H54N6O7S. The minimum atomic E-state index is -3.63. The molecule has 3 saturated carbocycles. The first-order valence-corrected chi connectivity index (χ1v) is 18.8. The highest BCUT2D eigenvalue weighted by Gasteiger charge is 2.44. The van der Waals surface area contributed by atoms with Gasteiger partial charge in [0, 0.05) is 19.1 Å². The van der Waals surface area contributed by atoms with Gasteiger partial charge in [0.25, 0.3) is 5.91 Å². The lowest BCUT2D eigenvalue weighted by Gasteiger charge is -2.40. The molecule has 0 unspecified atom stereocenters. The molecular weight excluding hydrogens is 612 g/mol. The molecule has 3 aliphatic carbocycles. The van der Waals surface area contributed by atoms with Crippen LogP contribution in [0.25, 0.3) is 0 Å². The quantitative estimate of drug-likeness (QED) is 0.165. The topological polar surface area (TPSA) is 183 Å². The minimum Gasteiger partial charge on any atom is -0.347 e. The number of sulfonamides is 1. The van der Waals surface area contributed by atoms with E-state index in [1.54, 1.807) is 6.92 Å². The maximum atomic E-state index is 14.1. The summed E-state index contributed by atoms with van der Waals surface area (Å²) in [5.41, 5.74) is -1.70. The van der Waals surface area contributed by atoms with Crippen molar-refractivity contribution in [2.24, 2.45) is 11.3 Å². The number of hydrogen-bond acceptors (Lipinski definition) is 7. The van der Waals surface area contributed by atoms with Gasteiger partial charge in [-0.3, -0.25) is 19.2 Å². The van der Waals surface area contributed by atoms with Gasteiger partial charge in [-0.15, -0.1) is 0 Å². The Morgan fingerprint density at radius 3 is 2.17 bits per heavy atom. The zero-order chi connectivity index (χ0) is 33.7. The van der Waals surface area contributed by atoms with Crippen LogP contribution in [0.3, 0.4) is 0 Å². The average molecular weight is 667 g/mol. The molecule has 4 rings (SSSR count). The average Bonchev–Trinajstić information content (AvgIpc) is 3.91. The second-order valence-corrected chi connectivity index (χ2v) is 16.7. The number of ketones is 1. The highest BCUT2D eigenvalue weighted by molar-refractivity contribution is 7.89. The molecule has 0 aromatic heterocycles. The zero-order valence-electron chi connectivity index (χ0n) is 27.9. The van der Waals surface area contributed by atoms with Crippen LogP contribution in [-0.2, 0) is 29.2 Å². The lowest BCUT2D eigenvalue weighted by Crippen LogP contribution is -2.63. The highest BCUT2D eigenvalue weighted by Crippen LogP contribution is 2.34. The molecule has 0 bridgehead atoms. The molecule has 1 heterocycles. The summed E-state index contributed by atoms with van der Waals surface area (Å²) in [7, 11) is -3.63. The molecule has 260 valence electrons. The van der Waals surface area contributed by atoms with Gasteiger partial charge in [-0.25, -0.2) is 17.9 Å². The summed E-state index contributed by atoms with van der Waals surface area (Å²) in [6.45, 7) is 7.71. The number of likely N-dealkylation sites (tertiary alicyclic amines) is 1. The summed E-state index contributed by atoms with van der Waals surface area (Å²) in [4.78, 5) is 68.3. The van der Waals surface area contributed by atoms with E-state index in [-0.39, 0.29) is 18.3 Å². The summed E-state index contributed by atoms with van der Waals surface area (Å²) >= 11 is 0. The number of carbonyl (C=O) groups is 5. The molecule has 0 spiro atoms. The molecule has 13 nitrogen and oxygen atoms in total. The van der Waals surface area contributed by atoms with Crippen molar-refractivity contribution in [3.8, 4) is 0 Å². The fourth-order valence-corrected chi connectivity index (χ4v) is 8.31. The summed E-state index contributed by atoms with van der Waals surface area (Å²) in [6.07, 6.45) is 9.43. The number of amides is 5. The molecule has 5 N–H and O–H groups in total. The van der Waals surface area contributed by atoms with E-state index in [0.29, 0.717) is 44.6 Å². The van der Waals surface area contributed by atoms with Crippen molar-refractivity contribution in [2.45, 2.75) is 141 Å². The van der Waals surface area contributed by atoms with Crippen molar-refractivity contribution < 1.29 is 32.4 Å². The van der Waals surface area contributed by atoms with E-state index >= 15 is 0 Å². The van der Waals surface area contributed by atoms with Gasteiger partial charge in [0.2, 0.25) is 27.6 Å². The molecule has 46 heavy (non-hydrogen) atoms. The summed E-state index contributed by atoms with van der Waals surface area (Å²) < 4.78 is 27.9. The highest BCUT2D eigenvalue weighted by atomic mass is 32.2. The fraction of sp³-hybridized carbons (Fsp3) is 0.844. The fourth-order valence-electron chi connectivity index (χ4n) is 6.68. The SMILES string of the molecule is CCNS(=O)(=O)CC1(NC(=O)N[C@H](C(=O)N2CCC[C@H]2C(=O)N[C@@H](CCC2CC2)C(=O)C(=O)NC2CC2)C(C)(C)C)CCCCC1. The Hall–Kier alpha value is -2.74. The van der Waals surface area contributed by atoms with Gasteiger partial charge in [-0.2, -0.15) is 0 Å². The Bertz CT molecular complexity index is 1250. The van der Waals surface area contributed by atoms with Crippen molar-refractivity contribution in [1.82, 2.24) is 30.9 Å². The Morgan fingerprint density at radius 1 is 0.913 bits per heavy atom. The Balaban J connectivity index is 1.44. The van der Waals surface area contributed by atoms with Gasteiger partial charge in [0.1, 0.15) is 12.1 Å². The van der Waals surface area contributed by atoms with Crippen LogP contribution in [0.15, 0.2) is 0 Å². The van der Waals surface area contributed by atoms with Crippen LogP contribution >= 0.6 is 0 Å². The Kier molecular flexibility index (Phi) is 11.8. The smallest absolute Gasteiger partial charge is 0.315 e. The predicted molar refractivity (Wildman–Crippen MR) is 173 cm³/mol. The van der Waals surface area contributed by atoms with Gasteiger partial charge in [0.05, 0.1) is 17.3 Å². The van der Waals surface area contributed by atoms with Crippen molar-refractivity contribution in [1.29, 1.82) is 0 Å². The van der Waals surface area contributed by atoms with Crippen molar-refractivity contribution in [3.05, 3.63) is 0 Å². The van der Waals surface area contributed by atoms with Crippen molar-refractivity contribution in [2.75, 3.05) is 18.8 Å². The van der Waals surface area contributed by atoms with E-state index in [1.165, 1.54) is 4.90 Å². The number of nitrogens with one attached hydrogen (secondary N) is 5. The van der Waals surface area contributed by atoms with E-state index in [0.717, 1.165) is 51.4 Å². The number of hydrogen-bond donors (Lipinski definition) is 5. The van der Waals surface area contributed by atoms with Crippen LogP contribution in [0.1, 0.15) is 111 Å². The third-order valence-corrected chi connectivity index (χ3v) is 11.2. The Morgan fingerprint density at radius 2 is 1.59 bits per heavy atom. The molecule has 5 amide bonds. The maximum Gasteiger partial charge on any atom is 0.315 e. The first-order valence-electron chi connectivity index (χ1n) is 17.1. The monoisotopic (exact) mass is 666 g/mol. The van der Waals surface area contributed by atoms with Crippen molar-refractivity contribution in [3.63, 3.8) is 0 Å². The minimum absolute atomic E-state index is 0.0172. The molecule has 14 heteroatoms. The second-order valence-electron chi connectivity index (χ2n) is 14.9. The van der Waals surface area contributed by atoms with E-state index < -0.39 is 68.6 Å². The van der Waals surface area contributed by atoms with Crippen LogP contribution < -0.4 is 26.0 Å². The molecule has 1 saturated heterocycles. The van der Waals surface area contributed by atoms with Gasteiger partial charge >= 0.3 is 6.03 Å². The van der Waals surface area contributed by atoms with Crippen molar-refractivity contribution >= 4 is 39.6 Å². The molecule has 4 fully saturated rings. The normalized spacial score (nSPS) is 22.8. The first kappa shape index (κ1) is 36.1. The second kappa shape index (κ2) is 15.0. The molecule has 1 aliphatic heterocycles. The number of nitrogens with zero attached hydrogens (tertiary/aromatic N) is 1. The number of urea groups is 1. The van der Waals surface area contributed by atoms with E-state index in [2.05, 4.69) is 26.0 Å². The summed E-state index contributed by atoms with van der Waals surface area (Å²) in [6, 6.07) is -3.43. The van der Waals surface area contributed by atoms with Gasteiger partial charge in [0.15, 0.2) is 0 Å². The van der Waals surface area contributed by atoms with Gasteiger partial charge in [-0.05, 0) is 62.7 Å². The zero-order valence-corrected chi connectivity index (χ0v) is 28.7. The van der Waals surface area contributed by atoms with Gasteiger partial charge < -0.3 is 26.2 Å². The number of Topliss-reactive ketones (excluding diaryl/α,β-unsaturated/α-hetero) is 1. The van der Waals surface area contributed by atoms with Crippen LogP contribution in [0, 0.1) is 11.3 Å². The third kappa shape index (κ3) is 10.1. The molecule has 0 aromatic rings. The molecule has 0 aromatic carbocycles. The van der Waals surface area contributed by atoms with Gasteiger partial charge in [-0.1, -0.05) is 59.8 Å². The lowest BCUT2D eigenvalue weighted by molar-refractivity contribution is -0.143. The predicted octanol–water partition coefficient (Wildman–Crippen LogP) is 1.86. The molecule has 0 radical (unpaired) electrons. The van der Waals surface area contributed by atoms with Crippen LogP contribution in [-0.4, -0.2) is 91.4 Å². The van der Waals surface area contributed by atoms with E-state index in [1.807, 2.05) is 20.8 Å². The van der Waals surface area contributed by atoms with E-state index in [9.17, 15) is 32.4 Å². The van der Waals surface area contributed by atoms with E-state index in [4.69, 9.17) is 0 Å². The number of carbonyl (C=O) groups excluding carboxylic acids is 5. The third-order valence-electron chi connectivity index (χ3n) is 9.58. The standard InChI is InChI=1S/C32H54N6O7S/c1-5-33-46(44,45)20-32(17-7-6-8-18-32)37-30(43)36-26(31(2,3)4)29(42)38-19-9-10-24(38)27(40)35-23(16-13-21-11-12-21)25(39)28(41)34-22-14-15-22/h21-24,26,33H,5-20H2,1-4H3,(H,34,41)(H,35,40)(H2,36,37,43)/t23-,24-,26+/m0/s1. The van der Waals surface area contributed by atoms with Crippen LogP contribution in [0.5, 0.6) is 0 Å². The summed E-state index contributed by atoms with van der Waals surface area (Å²) in [5, 5.41) is 11.3. The first-order chi connectivity index (χ1) is 21.6. The number of rotatable bonds is 15. The lowest BCUT2D eigenvalue weighted by atomic mass is 9.83. The molecule has 4 aliphatic rings. The maximum absolute atomic E-state index is 14.1. The van der Waals surface area contributed by atoms with Crippen LogP contribution in [0.4, 0.5) is 4.79 Å². The van der Waals surface area contributed by atoms with Crippen LogP contribution in [0.2, 0.25) is 0 Å². The Labute approximate surface area is 273 Å². The molecule has 3 atom stereocenters. The largest absolute Gasteiger partial charge is 0.347 e.